The summed E-state index contributed by atoms with van der Waals surface area (Å²) < 4.78 is 20.6. The van der Waals surface area contributed by atoms with Crippen molar-refractivity contribution in [1.82, 2.24) is 5.32 Å². The normalized spacial score (nSPS) is 24.7. The number of ether oxygens (including phenoxy) is 4. The van der Waals surface area contributed by atoms with Gasteiger partial charge in [-0.3, -0.25) is 29.3 Å². The first kappa shape index (κ1) is 24.7. The number of rotatable bonds is 7. The highest BCUT2D eigenvalue weighted by Gasteiger charge is 2.50. The molecule has 0 bridgehead atoms. The number of non-ortho nitro benzene ring substituents is 1. The number of hydrogen-bond donors (Lipinski definition) is 2. The molecule has 1 aliphatic rings. The van der Waals surface area contributed by atoms with Crippen molar-refractivity contribution in [2.45, 2.75) is 51.4 Å². The van der Waals surface area contributed by atoms with Crippen molar-refractivity contribution in [2.75, 3.05) is 6.61 Å². The highest BCUT2D eigenvalue weighted by atomic mass is 16.7. The predicted octanol–water partition coefficient (Wildman–Crippen LogP) is -0.163. The Balaban J connectivity index is 2.30. The third-order valence-corrected chi connectivity index (χ3v) is 4.36. The molecule has 1 aromatic carbocycles. The maximum Gasteiger partial charge on any atom is 0.303 e. The molecule has 0 saturated carbocycles. The quantitative estimate of drug-likeness (QED) is 0.242. The average molecular weight is 454 g/mol. The molecule has 13 nitrogen and oxygen atoms in total. The van der Waals surface area contributed by atoms with Crippen LogP contribution in [-0.2, 0) is 33.3 Å². The lowest BCUT2D eigenvalue weighted by Gasteiger charge is -2.43. The molecule has 0 aliphatic carbocycles. The van der Waals surface area contributed by atoms with Gasteiger partial charge in [0, 0.05) is 38.5 Å². The summed E-state index contributed by atoms with van der Waals surface area (Å²) in [5, 5.41) is 23.6. The summed E-state index contributed by atoms with van der Waals surface area (Å²) >= 11 is 0. The van der Waals surface area contributed by atoms with Gasteiger partial charge in [-0.2, -0.15) is 0 Å². The van der Waals surface area contributed by atoms with E-state index < -0.39 is 66.0 Å². The molecule has 1 saturated heterocycles. The Morgan fingerprint density at radius 2 is 1.59 bits per heavy atom. The van der Waals surface area contributed by atoms with E-state index in [1.54, 1.807) is 0 Å². The van der Waals surface area contributed by atoms with Crippen LogP contribution in [0.3, 0.4) is 0 Å². The molecule has 1 unspecified atom stereocenters. The number of nitrogens with zero attached hydrogens (tertiary/aromatic N) is 1. The van der Waals surface area contributed by atoms with Gasteiger partial charge < -0.3 is 29.4 Å². The minimum Gasteiger partial charge on any atom is -0.463 e. The molecule has 32 heavy (non-hydrogen) atoms. The SMILES string of the molecule is CC(=O)OC[C@H]1OC(O)[C@H](NC(=O)c2ccc([N+](=O)[O-])cc2)[C@@H](OC(C)=O)[C@@H]1OC(C)=O. The smallest absolute Gasteiger partial charge is 0.303 e. The zero-order valence-electron chi connectivity index (χ0n) is 17.4. The van der Waals surface area contributed by atoms with Gasteiger partial charge in [-0.15, -0.1) is 0 Å². The van der Waals surface area contributed by atoms with E-state index in [9.17, 15) is 34.4 Å². The number of nitro groups is 1. The van der Waals surface area contributed by atoms with Crippen LogP contribution in [0.15, 0.2) is 24.3 Å². The van der Waals surface area contributed by atoms with E-state index in [2.05, 4.69) is 5.32 Å². The Hall–Kier alpha value is -3.58. The number of carbonyl (C=O) groups is 4. The Morgan fingerprint density at radius 1 is 1.03 bits per heavy atom. The molecule has 5 atom stereocenters. The minimum absolute atomic E-state index is 0.00967. The Bertz CT molecular complexity index is 886. The van der Waals surface area contributed by atoms with Gasteiger partial charge in [0.05, 0.1) is 4.92 Å². The Morgan fingerprint density at radius 3 is 2.09 bits per heavy atom. The molecule has 1 amide bonds. The van der Waals surface area contributed by atoms with E-state index in [-0.39, 0.29) is 11.3 Å². The van der Waals surface area contributed by atoms with E-state index >= 15 is 0 Å². The monoisotopic (exact) mass is 454 g/mol. The third-order valence-electron chi connectivity index (χ3n) is 4.36. The molecule has 0 radical (unpaired) electrons. The zero-order valence-corrected chi connectivity index (χ0v) is 17.4. The van der Waals surface area contributed by atoms with E-state index in [0.29, 0.717) is 0 Å². The molecule has 2 rings (SSSR count). The summed E-state index contributed by atoms with van der Waals surface area (Å²) in [5.74, 6) is -3.02. The number of amides is 1. The second-order valence-corrected chi connectivity index (χ2v) is 6.82. The summed E-state index contributed by atoms with van der Waals surface area (Å²) in [6, 6.07) is 3.22. The molecular formula is C19H22N2O11. The summed E-state index contributed by atoms with van der Waals surface area (Å²) in [7, 11) is 0. The van der Waals surface area contributed by atoms with Crippen LogP contribution in [-0.4, -0.2) is 71.1 Å². The van der Waals surface area contributed by atoms with Crippen LogP contribution < -0.4 is 5.32 Å². The molecule has 2 N–H and O–H groups in total. The van der Waals surface area contributed by atoms with Gasteiger partial charge >= 0.3 is 17.9 Å². The first-order valence-corrected chi connectivity index (χ1v) is 9.36. The molecule has 1 aliphatic heterocycles. The summed E-state index contributed by atoms with van der Waals surface area (Å²) in [5.41, 5.74) is -0.223. The molecule has 13 heteroatoms. The summed E-state index contributed by atoms with van der Waals surface area (Å²) in [6.07, 6.45) is -5.67. The Labute approximate surface area is 181 Å². The first-order chi connectivity index (χ1) is 15.0. The Kier molecular flexibility index (Phi) is 8.21. The largest absolute Gasteiger partial charge is 0.463 e. The predicted molar refractivity (Wildman–Crippen MR) is 103 cm³/mol. The second-order valence-electron chi connectivity index (χ2n) is 6.82. The van der Waals surface area contributed by atoms with Gasteiger partial charge in [0.25, 0.3) is 11.6 Å². The van der Waals surface area contributed by atoms with E-state index in [4.69, 9.17) is 18.9 Å². The van der Waals surface area contributed by atoms with Gasteiger partial charge in [0.15, 0.2) is 18.5 Å². The fourth-order valence-electron chi connectivity index (χ4n) is 3.04. The van der Waals surface area contributed by atoms with Crippen molar-refractivity contribution in [3.05, 3.63) is 39.9 Å². The lowest BCUT2D eigenvalue weighted by Crippen LogP contribution is -2.66. The van der Waals surface area contributed by atoms with Gasteiger partial charge in [-0.05, 0) is 12.1 Å². The zero-order chi connectivity index (χ0) is 24.0. The molecule has 1 heterocycles. The van der Waals surface area contributed by atoms with Crippen molar-refractivity contribution in [2.24, 2.45) is 0 Å². The number of benzene rings is 1. The summed E-state index contributed by atoms with van der Waals surface area (Å²) in [6.45, 7) is 2.87. The highest BCUT2D eigenvalue weighted by molar-refractivity contribution is 5.94. The van der Waals surface area contributed by atoms with Gasteiger partial charge in [0.2, 0.25) is 0 Å². The van der Waals surface area contributed by atoms with Crippen LogP contribution in [0.4, 0.5) is 5.69 Å². The number of aliphatic hydroxyl groups excluding tert-OH is 1. The second kappa shape index (κ2) is 10.6. The first-order valence-electron chi connectivity index (χ1n) is 9.36. The van der Waals surface area contributed by atoms with Crippen molar-refractivity contribution in [1.29, 1.82) is 0 Å². The molecule has 1 aromatic rings. The van der Waals surface area contributed by atoms with Crippen LogP contribution in [0.25, 0.3) is 0 Å². The fourth-order valence-corrected chi connectivity index (χ4v) is 3.04. The molecule has 1 fully saturated rings. The van der Waals surface area contributed by atoms with Gasteiger partial charge in [0.1, 0.15) is 18.8 Å². The average Bonchev–Trinajstić information content (AvgIpc) is 2.70. The lowest BCUT2D eigenvalue weighted by molar-refractivity contribution is -0.384. The van der Waals surface area contributed by atoms with E-state index in [1.807, 2.05) is 0 Å². The standard InChI is InChI=1S/C19H22N2O11/c1-9(22)29-8-14-16(30-10(2)23)17(31-11(3)24)15(19(26)32-14)20-18(25)12-4-6-13(7-5-12)21(27)28/h4-7,14-17,19,26H,8H2,1-3H3,(H,20,25)/t14-,15-,16-,17-,19?/m1/s1. The molecule has 174 valence electrons. The topological polar surface area (TPSA) is 181 Å². The number of hydrogen-bond acceptors (Lipinski definition) is 11. The molecule has 0 aromatic heterocycles. The number of aliphatic hydroxyl groups is 1. The maximum absolute atomic E-state index is 12.6. The minimum atomic E-state index is -1.74. The highest BCUT2D eigenvalue weighted by Crippen LogP contribution is 2.26. The molecule has 0 spiro atoms. The maximum atomic E-state index is 12.6. The van der Waals surface area contributed by atoms with Crippen LogP contribution in [0.5, 0.6) is 0 Å². The number of nitrogens with one attached hydrogen (secondary N) is 1. The summed E-state index contributed by atoms with van der Waals surface area (Å²) in [4.78, 5) is 57.2. The third kappa shape index (κ3) is 6.46. The van der Waals surface area contributed by atoms with E-state index in [1.165, 1.54) is 12.1 Å². The van der Waals surface area contributed by atoms with Crippen molar-refractivity contribution >= 4 is 29.5 Å². The number of nitro benzene ring substituents is 1. The number of esters is 3. The van der Waals surface area contributed by atoms with Crippen molar-refractivity contribution < 1.29 is 48.2 Å². The number of carbonyl (C=O) groups excluding carboxylic acids is 4. The van der Waals surface area contributed by atoms with Crippen LogP contribution in [0.1, 0.15) is 31.1 Å². The fraction of sp³-hybridized carbons (Fsp3) is 0.474. The van der Waals surface area contributed by atoms with E-state index in [0.717, 1.165) is 32.9 Å². The van der Waals surface area contributed by atoms with Crippen LogP contribution in [0, 0.1) is 10.1 Å². The van der Waals surface area contributed by atoms with Crippen LogP contribution >= 0.6 is 0 Å². The lowest BCUT2D eigenvalue weighted by atomic mass is 9.96. The van der Waals surface area contributed by atoms with Gasteiger partial charge in [-0.1, -0.05) is 0 Å². The molecular weight excluding hydrogens is 432 g/mol. The van der Waals surface area contributed by atoms with Crippen LogP contribution in [0.2, 0.25) is 0 Å². The van der Waals surface area contributed by atoms with Crippen molar-refractivity contribution in [3.63, 3.8) is 0 Å². The van der Waals surface area contributed by atoms with Crippen molar-refractivity contribution in [3.8, 4) is 0 Å². The van der Waals surface area contributed by atoms with Gasteiger partial charge in [-0.25, -0.2) is 0 Å².